The summed E-state index contributed by atoms with van der Waals surface area (Å²) in [5.41, 5.74) is 1.43. The molecule has 0 aromatic carbocycles. The minimum absolute atomic E-state index is 0.176. The molecule has 0 bridgehead atoms. The monoisotopic (exact) mass is 260 g/mol. The Balaban J connectivity index is 2.20. The van der Waals surface area contributed by atoms with Crippen LogP contribution in [-0.2, 0) is 4.79 Å². The summed E-state index contributed by atoms with van der Waals surface area (Å²) < 4.78 is 0. The van der Waals surface area contributed by atoms with Crippen LogP contribution in [0.25, 0.3) is 0 Å². The van der Waals surface area contributed by atoms with Crippen LogP contribution in [0.15, 0.2) is 0 Å². The molecule has 5 heteroatoms. The number of amides is 1. The lowest BCUT2D eigenvalue weighted by atomic mass is 9.81. The van der Waals surface area contributed by atoms with Crippen molar-refractivity contribution in [2.75, 3.05) is 5.32 Å². The molecule has 1 amide bonds. The Labute approximate surface area is 113 Å². The molecule has 1 heterocycles. The molecule has 102 valence electrons. The van der Waals surface area contributed by atoms with Crippen LogP contribution < -0.4 is 5.32 Å². The van der Waals surface area contributed by atoms with Crippen LogP contribution in [0.1, 0.15) is 49.9 Å². The van der Waals surface area contributed by atoms with E-state index in [1.807, 2.05) is 13.8 Å². The molecule has 0 radical (unpaired) electrons. The third kappa shape index (κ3) is 2.62. The van der Waals surface area contributed by atoms with Gasteiger partial charge in [0.25, 0.3) is 0 Å². The molecule has 1 aliphatic carbocycles. The normalized spacial score (nSPS) is 18.4. The first-order valence-corrected chi connectivity index (χ1v) is 6.83. The lowest BCUT2D eigenvalue weighted by Crippen LogP contribution is -2.34. The second-order valence-electron chi connectivity index (χ2n) is 5.37. The van der Waals surface area contributed by atoms with E-state index < -0.39 is 5.41 Å². The molecule has 0 spiro atoms. The first-order chi connectivity index (χ1) is 9.09. The van der Waals surface area contributed by atoms with Crippen LogP contribution in [0.4, 0.5) is 5.69 Å². The van der Waals surface area contributed by atoms with Crippen molar-refractivity contribution < 1.29 is 4.79 Å². The van der Waals surface area contributed by atoms with Gasteiger partial charge in [0.15, 0.2) is 0 Å². The largest absolute Gasteiger partial charge is 0.322 e. The van der Waals surface area contributed by atoms with Crippen molar-refractivity contribution in [1.29, 1.82) is 5.26 Å². The number of nitrogens with one attached hydrogen (secondary N) is 2. The van der Waals surface area contributed by atoms with Gasteiger partial charge in [-0.15, -0.1) is 0 Å². The summed E-state index contributed by atoms with van der Waals surface area (Å²) in [6.45, 7) is 3.70. The van der Waals surface area contributed by atoms with E-state index in [1.54, 1.807) is 0 Å². The second-order valence-corrected chi connectivity index (χ2v) is 5.37. The van der Waals surface area contributed by atoms with Crippen molar-refractivity contribution in [2.45, 2.75) is 52.4 Å². The number of H-pyrrole nitrogens is 1. The number of carbonyl (C=O) groups is 1. The fraction of sp³-hybridized carbons (Fsp3) is 0.643. The van der Waals surface area contributed by atoms with Gasteiger partial charge in [0.2, 0.25) is 5.91 Å². The van der Waals surface area contributed by atoms with Crippen molar-refractivity contribution in [3.8, 4) is 6.07 Å². The molecule has 1 aromatic rings. The predicted molar refractivity (Wildman–Crippen MR) is 72.4 cm³/mol. The van der Waals surface area contributed by atoms with Gasteiger partial charge in [-0.05, 0) is 26.7 Å². The summed E-state index contributed by atoms with van der Waals surface area (Å²) in [5, 5.41) is 19.3. The number of hydrogen-bond acceptors (Lipinski definition) is 3. The Morgan fingerprint density at radius 3 is 2.42 bits per heavy atom. The molecule has 2 N–H and O–H groups in total. The molecular weight excluding hydrogens is 240 g/mol. The maximum absolute atomic E-state index is 12.5. The van der Waals surface area contributed by atoms with E-state index in [0.29, 0.717) is 18.5 Å². The molecule has 0 unspecified atom stereocenters. The molecule has 5 nitrogen and oxygen atoms in total. The highest BCUT2D eigenvalue weighted by atomic mass is 16.2. The van der Waals surface area contributed by atoms with E-state index in [0.717, 1.165) is 37.1 Å². The zero-order chi connectivity index (χ0) is 13.9. The smallest absolute Gasteiger partial charge is 0.244 e. The summed E-state index contributed by atoms with van der Waals surface area (Å²) in [4.78, 5) is 12.5. The Kier molecular flexibility index (Phi) is 3.89. The molecule has 1 aromatic heterocycles. The molecular formula is C14H20N4O. The van der Waals surface area contributed by atoms with Gasteiger partial charge in [0.1, 0.15) is 5.41 Å². The van der Waals surface area contributed by atoms with Crippen LogP contribution in [0.5, 0.6) is 0 Å². The van der Waals surface area contributed by atoms with Gasteiger partial charge in [-0.2, -0.15) is 10.4 Å². The molecule has 1 saturated carbocycles. The van der Waals surface area contributed by atoms with Gasteiger partial charge in [0, 0.05) is 0 Å². The maximum atomic E-state index is 12.5. The highest BCUT2D eigenvalue weighted by Gasteiger charge is 2.39. The average molecular weight is 260 g/mol. The Hall–Kier alpha value is -1.83. The standard InChI is InChI=1S/C14H20N4O/c1-10-12(11(2)18-17-10)16-13(19)14(9-15)7-5-3-4-6-8-14/h3-8H2,1-2H3,(H,16,19)(H,17,18). The molecule has 0 saturated heterocycles. The molecule has 0 aliphatic heterocycles. The van der Waals surface area contributed by atoms with Gasteiger partial charge in [-0.1, -0.05) is 25.7 Å². The minimum atomic E-state index is -0.868. The van der Waals surface area contributed by atoms with E-state index in [-0.39, 0.29) is 5.91 Å². The molecule has 1 fully saturated rings. The van der Waals surface area contributed by atoms with Crippen molar-refractivity contribution in [3.05, 3.63) is 11.4 Å². The number of carbonyl (C=O) groups excluding carboxylic acids is 1. The fourth-order valence-corrected chi connectivity index (χ4v) is 2.69. The number of aryl methyl sites for hydroxylation is 2. The van der Waals surface area contributed by atoms with Crippen LogP contribution in [0.3, 0.4) is 0 Å². The molecule has 0 atom stereocenters. The number of nitrogens with zero attached hydrogens (tertiary/aromatic N) is 2. The van der Waals surface area contributed by atoms with Crippen LogP contribution in [0, 0.1) is 30.6 Å². The third-order valence-electron chi connectivity index (χ3n) is 3.97. The van der Waals surface area contributed by atoms with Crippen molar-refractivity contribution in [3.63, 3.8) is 0 Å². The first-order valence-electron chi connectivity index (χ1n) is 6.83. The first kappa shape index (κ1) is 13.6. The third-order valence-corrected chi connectivity index (χ3v) is 3.97. The van der Waals surface area contributed by atoms with Crippen LogP contribution in [-0.4, -0.2) is 16.1 Å². The molecule has 1 aliphatic rings. The highest BCUT2D eigenvalue weighted by Crippen LogP contribution is 2.36. The lowest BCUT2D eigenvalue weighted by Gasteiger charge is -2.23. The Morgan fingerprint density at radius 1 is 1.32 bits per heavy atom. The van der Waals surface area contributed by atoms with Crippen molar-refractivity contribution in [1.82, 2.24) is 10.2 Å². The summed E-state index contributed by atoms with van der Waals surface area (Å²) >= 11 is 0. The lowest BCUT2D eigenvalue weighted by molar-refractivity contribution is -0.123. The van der Waals surface area contributed by atoms with Gasteiger partial charge in [-0.25, -0.2) is 0 Å². The summed E-state index contributed by atoms with van der Waals surface area (Å²) in [6.07, 6.45) is 5.44. The van der Waals surface area contributed by atoms with Crippen LogP contribution >= 0.6 is 0 Å². The fourth-order valence-electron chi connectivity index (χ4n) is 2.69. The van der Waals surface area contributed by atoms with E-state index in [1.165, 1.54) is 0 Å². The van der Waals surface area contributed by atoms with Gasteiger partial charge in [-0.3, -0.25) is 9.89 Å². The van der Waals surface area contributed by atoms with Crippen molar-refractivity contribution >= 4 is 11.6 Å². The van der Waals surface area contributed by atoms with E-state index in [9.17, 15) is 10.1 Å². The van der Waals surface area contributed by atoms with Gasteiger partial charge >= 0.3 is 0 Å². The predicted octanol–water partition coefficient (Wildman–Crippen LogP) is 2.83. The summed E-state index contributed by atoms with van der Waals surface area (Å²) in [6, 6.07) is 2.27. The van der Waals surface area contributed by atoms with E-state index in [4.69, 9.17) is 0 Å². The number of hydrogen-bond donors (Lipinski definition) is 2. The van der Waals surface area contributed by atoms with E-state index >= 15 is 0 Å². The second kappa shape index (κ2) is 5.43. The molecule has 2 rings (SSSR count). The maximum Gasteiger partial charge on any atom is 0.244 e. The summed E-state index contributed by atoms with van der Waals surface area (Å²) in [7, 11) is 0. The minimum Gasteiger partial charge on any atom is -0.322 e. The zero-order valence-electron chi connectivity index (χ0n) is 11.5. The number of anilines is 1. The number of nitriles is 1. The topological polar surface area (TPSA) is 81.6 Å². The number of rotatable bonds is 2. The van der Waals surface area contributed by atoms with Gasteiger partial charge < -0.3 is 5.32 Å². The Bertz CT molecular complexity index is 485. The SMILES string of the molecule is Cc1n[nH]c(C)c1NC(=O)C1(C#N)CCCCCC1. The quantitative estimate of drug-likeness (QED) is 0.802. The van der Waals surface area contributed by atoms with Crippen LogP contribution in [0.2, 0.25) is 0 Å². The highest BCUT2D eigenvalue weighted by molar-refractivity contribution is 5.98. The number of aromatic nitrogens is 2. The molecule has 19 heavy (non-hydrogen) atoms. The number of aromatic amines is 1. The average Bonchev–Trinajstić information content (AvgIpc) is 2.63. The van der Waals surface area contributed by atoms with Gasteiger partial charge in [0.05, 0.1) is 23.1 Å². The van der Waals surface area contributed by atoms with E-state index in [2.05, 4.69) is 21.6 Å². The Morgan fingerprint density at radius 2 is 1.95 bits per heavy atom. The zero-order valence-corrected chi connectivity index (χ0v) is 11.5. The summed E-state index contributed by atoms with van der Waals surface area (Å²) in [5.74, 6) is -0.176. The van der Waals surface area contributed by atoms with Crippen molar-refractivity contribution in [2.24, 2.45) is 5.41 Å².